The molecule has 2 heterocycles. The predicted octanol–water partition coefficient (Wildman–Crippen LogP) is 3.81. The van der Waals surface area contributed by atoms with Crippen LogP contribution in [0.25, 0.3) is 10.2 Å². The van der Waals surface area contributed by atoms with E-state index in [1.165, 1.54) is 40.7 Å². The van der Waals surface area contributed by atoms with E-state index in [4.69, 9.17) is 0 Å². The predicted molar refractivity (Wildman–Crippen MR) is 83.2 cm³/mol. The van der Waals surface area contributed by atoms with Crippen LogP contribution in [0.3, 0.4) is 0 Å². The highest BCUT2D eigenvalue weighted by Crippen LogP contribution is 2.31. The maximum Gasteiger partial charge on any atom is 0.151 e. The third-order valence-electron chi connectivity index (χ3n) is 3.18. The van der Waals surface area contributed by atoms with E-state index >= 15 is 0 Å². The van der Waals surface area contributed by atoms with E-state index in [2.05, 4.69) is 34.6 Å². The number of fused-ring (bicyclic) bond motifs is 1. The second-order valence-corrected chi connectivity index (χ2v) is 6.75. The van der Waals surface area contributed by atoms with Crippen LogP contribution in [0.5, 0.6) is 0 Å². The summed E-state index contributed by atoms with van der Waals surface area (Å²) in [5.74, 6) is 2.09. The molecule has 5 heteroatoms. The summed E-state index contributed by atoms with van der Waals surface area (Å²) in [6.45, 7) is 2.37. The third-order valence-corrected chi connectivity index (χ3v) is 5.59. The lowest BCUT2D eigenvalue weighted by atomic mass is 10.0. The Labute approximate surface area is 122 Å². The molecular weight excluding hydrogens is 284 g/mol. The molecule has 0 unspecified atom stereocenters. The second kappa shape index (κ2) is 6.75. The van der Waals surface area contributed by atoms with Crippen LogP contribution in [0.4, 0.5) is 0 Å². The molecule has 3 rings (SSSR count). The third kappa shape index (κ3) is 3.38. The highest BCUT2D eigenvalue weighted by molar-refractivity contribution is 8.01. The molecule has 0 aliphatic carbocycles. The highest BCUT2D eigenvalue weighted by atomic mass is 35.5. The Balaban J connectivity index is 0.00000120. The molecule has 1 aromatic heterocycles. The van der Waals surface area contributed by atoms with Crippen LogP contribution < -0.4 is 5.32 Å². The van der Waals surface area contributed by atoms with Crippen LogP contribution in [-0.2, 0) is 0 Å². The number of nitrogens with one attached hydrogen (secondary N) is 1. The zero-order valence-corrected chi connectivity index (χ0v) is 12.5. The summed E-state index contributed by atoms with van der Waals surface area (Å²) in [7, 11) is 0. The van der Waals surface area contributed by atoms with E-state index < -0.39 is 0 Å². The Morgan fingerprint density at radius 3 is 2.83 bits per heavy atom. The van der Waals surface area contributed by atoms with Crippen molar-refractivity contribution in [1.82, 2.24) is 10.3 Å². The summed E-state index contributed by atoms with van der Waals surface area (Å²) >= 11 is 3.75. The summed E-state index contributed by atoms with van der Waals surface area (Å²) < 4.78 is 2.53. The SMILES string of the molecule is Cl.c1ccc2sc(SCC3CCNCC3)nc2c1. The Bertz CT molecular complexity index is 461. The van der Waals surface area contributed by atoms with Crippen molar-refractivity contribution in [3.63, 3.8) is 0 Å². The van der Waals surface area contributed by atoms with Gasteiger partial charge in [-0.1, -0.05) is 23.9 Å². The molecule has 0 radical (unpaired) electrons. The van der Waals surface area contributed by atoms with Gasteiger partial charge < -0.3 is 5.32 Å². The topological polar surface area (TPSA) is 24.9 Å². The summed E-state index contributed by atoms with van der Waals surface area (Å²) in [5, 5.41) is 3.41. The lowest BCUT2D eigenvalue weighted by molar-refractivity contribution is 0.408. The maximum atomic E-state index is 4.66. The number of aromatic nitrogens is 1. The van der Waals surface area contributed by atoms with Crippen molar-refractivity contribution in [3.8, 4) is 0 Å². The Kier molecular flexibility index (Phi) is 5.30. The van der Waals surface area contributed by atoms with Gasteiger partial charge in [0, 0.05) is 5.75 Å². The number of piperidine rings is 1. The first-order valence-electron chi connectivity index (χ1n) is 6.11. The Morgan fingerprint density at radius 1 is 1.28 bits per heavy atom. The molecule has 0 atom stereocenters. The number of benzene rings is 1. The van der Waals surface area contributed by atoms with Crippen LogP contribution in [0.15, 0.2) is 28.6 Å². The average Bonchev–Trinajstić information content (AvgIpc) is 2.80. The number of hydrogen-bond donors (Lipinski definition) is 1. The molecule has 2 aromatic rings. The normalized spacial score (nSPS) is 16.7. The van der Waals surface area contributed by atoms with Crippen LogP contribution >= 0.6 is 35.5 Å². The number of halogens is 1. The van der Waals surface area contributed by atoms with Crippen molar-refractivity contribution < 1.29 is 0 Å². The fourth-order valence-corrected chi connectivity index (χ4v) is 4.43. The first-order chi connectivity index (χ1) is 8.42. The van der Waals surface area contributed by atoms with Crippen molar-refractivity contribution in [2.24, 2.45) is 5.92 Å². The van der Waals surface area contributed by atoms with E-state index in [-0.39, 0.29) is 12.4 Å². The van der Waals surface area contributed by atoms with Crippen molar-refractivity contribution in [2.45, 2.75) is 17.2 Å². The van der Waals surface area contributed by atoms with Gasteiger partial charge in [-0.05, 0) is 44.0 Å². The molecule has 1 fully saturated rings. The standard InChI is InChI=1S/C13H16N2S2.ClH/c1-2-4-12-11(3-1)15-13(17-12)16-9-10-5-7-14-8-6-10;/h1-4,10,14H,5-9H2;1H. The first-order valence-corrected chi connectivity index (χ1v) is 7.91. The van der Waals surface area contributed by atoms with Crippen LogP contribution in [0, 0.1) is 5.92 Å². The largest absolute Gasteiger partial charge is 0.317 e. The first kappa shape index (κ1) is 14.1. The average molecular weight is 301 g/mol. The molecule has 1 aromatic carbocycles. The Morgan fingerprint density at radius 2 is 2.06 bits per heavy atom. The fourth-order valence-electron chi connectivity index (χ4n) is 2.15. The fraction of sp³-hybridized carbons (Fsp3) is 0.462. The summed E-state index contributed by atoms with van der Waals surface area (Å²) in [6, 6.07) is 8.40. The minimum atomic E-state index is 0. The quantitative estimate of drug-likeness (QED) is 0.873. The lowest BCUT2D eigenvalue weighted by Crippen LogP contribution is -2.28. The van der Waals surface area contributed by atoms with Crippen molar-refractivity contribution >= 4 is 45.7 Å². The summed E-state index contributed by atoms with van der Waals surface area (Å²) in [6.07, 6.45) is 2.63. The van der Waals surface area contributed by atoms with Gasteiger partial charge in [0.2, 0.25) is 0 Å². The monoisotopic (exact) mass is 300 g/mol. The van der Waals surface area contributed by atoms with Crippen molar-refractivity contribution in [2.75, 3.05) is 18.8 Å². The van der Waals surface area contributed by atoms with Crippen molar-refractivity contribution in [1.29, 1.82) is 0 Å². The molecule has 0 bridgehead atoms. The smallest absolute Gasteiger partial charge is 0.151 e. The molecule has 2 nitrogen and oxygen atoms in total. The number of thiazole rings is 1. The molecule has 18 heavy (non-hydrogen) atoms. The number of rotatable bonds is 3. The van der Waals surface area contributed by atoms with Crippen LogP contribution in [0.1, 0.15) is 12.8 Å². The molecule has 0 spiro atoms. The van der Waals surface area contributed by atoms with Gasteiger partial charge in [0.05, 0.1) is 10.2 Å². The number of hydrogen-bond acceptors (Lipinski definition) is 4. The van der Waals surface area contributed by atoms with E-state index in [0.29, 0.717) is 0 Å². The van der Waals surface area contributed by atoms with E-state index in [1.807, 2.05) is 23.1 Å². The van der Waals surface area contributed by atoms with Gasteiger partial charge in [0.1, 0.15) is 0 Å². The molecule has 1 aliphatic rings. The van der Waals surface area contributed by atoms with Gasteiger partial charge in [-0.15, -0.1) is 23.7 Å². The summed E-state index contributed by atoms with van der Waals surface area (Å²) in [5.41, 5.74) is 1.14. The van der Waals surface area contributed by atoms with Gasteiger partial charge in [-0.3, -0.25) is 0 Å². The zero-order chi connectivity index (χ0) is 11.5. The van der Waals surface area contributed by atoms with E-state index in [0.717, 1.165) is 11.4 Å². The zero-order valence-electron chi connectivity index (χ0n) is 10.1. The highest BCUT2D eigenvalue weighted by Gasteiger charge is 2.14. The minimum Gasteiger partial charge on any atom is -0.317 e. The minimum absolute atomic E-state index is 0. The molecule has 1 saturated heterocycles. The number of nitrogens with zero attached hydrogens (tertiary/aromatic N) is 1. The lowest BCUT2D eigenvalue weighted by Gasteiger charge is -2.21. The molecule has 0 saturated carbocycles. The number of thioether (sulfide) groups is 1. The van der Waals surface area contributed by atoms with Gasteiger partial charge >= 0.3 is 0 Å². The molecule has 1 N–H and O–H groups in total. The maximum absolute atomic E-state index is 4.66. The number of para-hydroxylation sites is 1. The molecular formula is C13H17ClN2S2. The van der Waals surface area contributed by atoms with Crippen molar-refractivity contribution in [3.05, 3.63) is 24.3 Å². The molecule has 1 aliphatic heterocycles. The van der Waals surface area contributed by atoms with Gasteiger partial charge in [-0.2, -0.15) is 0 Å². The Hall–Kier alpha value is -0.290. The van der Waals surface area contributed by atoms with Crippen LogP contribution in [-0.4, -0.2) is 23.8 Å². The van der Waals surface area contributed by atoms with Gasteiger partial charge in [-0.25, -0.2) is 4.98 Å². The molecule has 98 valence electrons. The van der Waals surface area contributed by atoms with Crippen LogP contribution in [0.2, 0.25) is 0 Å². The van der Waals surface area contributed by atoms with E-state index in [9.17, 15) is 0 Å². The second-order valence-electron chi connectivity index (χ2n) is 4.45. The van der Waals surface area contributed by atoms with Gasteiger partial charge in [0.15, 0.2) is 4.34 Å². The van der Waals surface area contributed by atoms with E-state index in [1.54, 1.807) is 0 Å². The molecule has 0 amide bonds. The summed E-state index contributed by atoms with van der Waals surface area (Å²) in [4.78, 5) is 4.66. The van der Waals surface area contributed by atoms with Gasteiger partial charge in [0.25, 0.3) is 0 Å².